The van der Waals surface area contributed by atoms with Crippen LogP contribution in [-0.2, 0) is 6.61 Å². The zero-order valence-corrected chi connectivity index (χ0v) is 10.8. The van der Waals surface area contributed by atoms with Crippen molar-refractivity contribution in [3.63, 3.8) is 0 Å². The second-order valence-electron chi connectivity index (χ2n) is 4.16. The molecule has 0 radical (unpaired) electrons. The number of halogens is 2. The van der Waals surface area contributed by atoms with Crippen molar-refractivity contribution in [2.45, 2.75) is 26.5 Å². The van der Waals surface area contributed by atoms with E-state index in [0.717, 1.165) is 0 Å². The van der Waals surface area contributed by atoms with Gasteiger partial charge in [0, 0.05) is 11.6 Å². The Morgan fingerprint density at radius 2 is 2.11 bits per heavy atom. The molecule has 0 bridgehead atoms. The number of aliphatic hydroxyl groups is 1. The summed E-state index contributed by atoms with van der Waals surface area (Å²) >= 11 is 5.94. The zero-order chi connectivity index (χ0) is 13.3. The first-order valence-corrected chi connectivity index (χ1v) is 5.93. The van der Waals surface area contributed by atoms with Gasteiger partial charge in [0.05, 0.1) is 5.02 Å². The molecular weight excluding hydrogens is 257 g/mol. The van der Waals surface area contributed by atoms with Crippen molar-refractivity contribution in [1.29, 1.82) is 0 Å². The van der Waals surface area contributed by atoms with Crippen LogP contribution >= 0.6 is 11.6 Å². The number of hydrogen-bond acceptors (Lipinski definition) is 3. The van der Waals surface area contributed by atoms with Gasteiger partial charge in [0.1, 0.15) is 12.4 Å². The van der Waals surface area contributed by atoms with Gasteiger partial charge >= 0.3 is 0 Å². The molecule has 1 heterocycles. The highest BCUT2D eigenvalue weighted by Gasteiger charge is 2.18. The fourth-order valence-corrected chi connectivity index (χ4v) is 2.04. The summed E-state index contributed by atoms with van der Waals surface area (Å²) in [5.41, 5.74) is 0.470. The lowest BCUT2D eigenvalue weighted by molar-refractivity contribution is 0.262. The minimum absolute atomic E-state index is 0.0105. The predicted octanol–water partition coefficient (Wildman–Crippen LogP) is 2.81. The van der Waals surface area contributed by atoms with Gasteiger partial charge in [-0.2, -0.15) is 0 Å². The van der Waals surface area contributed by atoms with Gasteiger partial charge in [-0.3, -0.25) is 0 Å². The monoisotopic (exact) mass is 269 g/mol. The minimum atomic E-state index is -0.502. The van der Waals surface area contributed by atoms with Crippen LogP contribution in [0.1, 0.15) is 25.7 Å². The van der Waals surface area contributed by atoms with Crippen LogP contribution in [0.25, 0.3) is 11.4 Å². The molecule has 18 heavy (non-hydrogen) atoms. The SMILES string of the molecule is CC(C)n1c(CO)nnc1-c1cccc(F)c1Cl. The Hall–Kier alpha value is -1.46. The molecule has 0 saturated carbocycles. The van der Waals surface area contributed by atoms with Crippen LogP contribution in [-0.4, -0.2) is 19.9 Å². The van der Waals surface area contributed by atoms with Crippen molar-refractivity contribution in [3.8, 4) is 11.4 Å². The average Bonchev–Trinajstić information content (AvgIpc) is 2.76. The van der Waals surface area contributed by atoms with Crippen LogP contribution in [0.4, 0.5) is 4.39 Å². The van der Waals surface area contributed by atoms with E-state index < -0.39 is 5.82 Å². The topological polar surface area (TPSA) is 50.9 Å². The minimum Gasteiger partial charge on any atom is -0.388 e. The maximum absolute atomic E-state index is 13.4. The summed E-state index contributed by atoms with van der Waals surface area (Å²) in [6, 6.07) is 4.57. The molecule has 6 heteroatoms. The summed E-state index contributed by atoms with van der Waals surface area (Å²) in [6.07, 6.45) is 0. The molecule has 1 aromatic carbocycles. The van der Waals surface area contributed by atoms with Gasteiger partial charge in [0.25, 0.3) is 0 Å². The molecule has 2 aromatic rings. The maximum atomic E-state index is 13.4. The summed E-state index contributed by atoms with van der Waals surface area (Å²) in [6.45, 7) is 3.64. The number of rotatable bonds is 3. The molecule has 2 rings (SSSR count). The predicted molar refractivity (Wildman–Crippen MR) is 66.7 cm³/mol. The van der Waals surface area contributed by atoms with E-state index in [9.17, 15) is 9.50 Å². The first-order chi connectivity index (χ1) is 8.56. The van der Waals surface area contributed by atoms with E-state index in [-0.39, 0.29) is 17.7 Å². The molecular formula is C12H13ClFN3O. The molecule has 0 aliphatic rings. The van der Waals surface area contributed by atoms with Gasteiger partial charge in [0.2, 0.25) is 0 Å². The molecule has 0 unspecified atom stereocenters. The Kier molecular flexibility index (Phi) is 3.63. The van der Waals surface area contributed by atoms with E-state index in [1.54, 1.807) is 16.7 Å². The average molecular weight is 270 g/mol. The molecule has 0 atom stereocenters. The van der Waals surface area contributed by atoms with E-state index in [4.69, 9.17) is 11.6 Å². The first kappa shape index (κ1) is 13.0. The zero-order valence-electron chi connectivity index (χ0n) is 10.1. The lowest BCUT2D eigenvalue weighted by Gasteiger charge is -2.13. The van der Waals surface area contributed by atoms with Gasteiger partial charge in [-0.05, 0) is 26.0 Å². The summed E-state index contributed by atoms with van der Waals surface area (Å²) in [5, 5.41) is 17.1. The van der Waals surface area contributed by atoms with Crippen LogP contribution in [0.2, 0.25) is 5.02 Å². The number of hydrogen-bond donors (Lipinski definition) is 1. The Morgan fingerprint density at radius 3 is 2.72 bits per heavy atom. The van der Waals surface area contributed by atoms with E-state index in [0.29, 0.717) is 17.2 Å². The number of benzene rings is 1. The largest absolute Gasteiger partial charge is 0.388 e. The Bertz CT molecular complexity index is 568. The standard InChI is InChI=1S/C12H13ClFN3O/c1-7(2)17-10(6-18)15-16-12(17)8-4-3-5-9(14)11(8)13/h3-5,7,18H,6H2,1-2H3. The highest BCUT2D eigenvalue weighted by molar-refractivity contribution is 6.33. The summed E-state index contributed by atoms with van der Waals surface area (Å²) in [7, 11) is 0. The number of aliphatic hydroxyl groups excluding tert-OH is 1. The van der Waals surface area contributed by atoms with Crippen LogP contribution in [0.3, 0.4) is 0 Å². The van der Waals surface area contributed by atoms with Crippen molar-refractivity contribution >= 4 is 11.6 Å². The second kappa shape index (κ2) is 5.04. The Balaban J connectivity index is 2.64. The third kappa shape index (κ3) is 2.11. The molecule has 4 nitrogen and oxygen atoms in total. The molecule has 0 fully saturated rings. The summed E-state index contributed by atoms with van der Waals surface area (Å²) in [4.78, 5) is 0. The third-order valence-electron chi connectivity index (χ3n) is 2.62. The molecule has 0 aliphatic carbocycles. The second-order valence-corrected chi connectivity index (χ2v) is 4.54. The quantitative estimate of drug-likeness (QED) is 0.932. The molecule has 0 aliphatic heterocycles. The van der Waals surface area contributed by atoms with Gasteiger partial charge in [-0.15, -0.1) is 10.2 Å². The lowest BCUT2D eigenvalue weighted by Crippen LogP contribution is -2.08. The van der Waals surface area contributed by atoms with Crippen molar-refractivity contribution < 1.29 is 9.50 Å². The molecule has 96 valence electrons. The first-order valence-electron chi connectivity index (χ1n) is 5.55. The third-order valence-corrected chi connectivity index (χ3v) is 3.00. The van der Waals surface area contributed by atoms with Gasteiger partial charge in [-0.1, -0.05) is 17.7 Å². The smallest absolute Gasteiger partial charge is 0.165 e. The van der Waals surface area contributed by atoms with E-state index in [2.05, 4.69) is 10.2 Å². The Labute approximate surface area is 109 Å². The Morgan fingerprint density at radius 1 is 1.39 bits per heavy atom. The fourth-order valence-electron chi connectivity index (χ4n) is 1.83. The van der Waals surface area contributed by atoms with Crippen LogP contribution in [0.15, 0.2) is 18.2 Å². The van der Waals surface area contributed by atoms with Gasteiger partial charge < -0.3 is 9.67 Å². The summed E-state index contributed by atoms with van der Waals surface area (Å²) in [5.74, 6) is 0.386. The molecule has 1 N–H and O–H groups in total. The van der Waals surface area contributed by atoms with Crippen LogP contribution in [0.5, 0.6) is 0 Å². The van der Waals surface area contributed by atoms with Crippen molar-refractivity contribution in [2.75, 3.05) is 0 Å². The maximum Gasteiger partial charge on any atom is 0.165 e. The highest BCUT2D eigenvalue weighted by Crippen LogP contribution is 2.30. The van der Waals surface area contributed by atoms with E-state index >= 15 is 0 Å². The lowest BCUT2D eigenvalue weighted by atomic mass is 10.2. The number of aromatic nitrogens is 3. The van der Waals surface area contributed by atoms with E-state index in [1.165, 1.54) is 6.07 Å². The highest BCUT2D eigenvalue weighted by atomic mass is 35.5. The normalized spacial score (nSPS) is 11.2. The molecule has 0 saturated heterocycles. The van der Waals surface area contributed by atoms with Crippen molar-refractivity contribution in [3.05, 3.63) is 34.9 Å². The van der Waals surface area contributed by atoms with Gasteiger partial charge in [-0.25, -0.2) is 4.39 Å². The van der Waals surface area contributed by atoms with E-state index in [1.807, 2.05) is 13.8 Å². The molecule has 0 spiro atoms. The fraction of sp³-hybridized carbons (Fsp3) is 0.333. The van der Waals surface area contributed by atoms with Crippen LogP contribution < -0.4 is 0 Å². The van der Waals surface area contributed by atoms with Crippen molar-refractivity contribution in [2.24, 2.45) is 0 Å². The molecule has 0 amide bonds. The van der Waals surface area contributed by atoms with Crippen LogP contribution in [0, 0.1) is 5.82 Å². The van der Waals surface area contributed by atoms with Gasteiger partial charge in [0.15, 0.2) is 11.6 Å². The van der Waals surface area contributed by atoms with Crippen molar-refractivity contribution in [1.82, 2.24) is 14.8 Å². The number of nitrogens with zero attached hydrogens (tertiary/aromatic N) is 3. The molecule has 1 aromatic heterocycles. The summed E-state index contributed by atoms with van der Waals surface area (Å²) < 4.78 is 15.2.